The van der Waals surface area contributed by atoms with Gasteiger partial charge in [0.05, 0.1) is 0 Å². The number of aromatic nitrogens is 4. The highest BCUT2D eigenvalue weighted by Gasteiger charge is 2.19. The number of benzene rings is 1. The average Bonchev–Trinajstić information content (AvgIpc) is 3.24. The zero-order valence-corrected chi connectivity index (χ0v) is 18.5. The number of carbonyl (C=O) groups is 1. The lowest BCUT2D eigenvalue weighted by atomic mass is 9.95. The molecule has 1 aromatic carbocycles. The zero-order chi connectivity index (χ0) is 22.6. The molecule has 0 unspecified atom stereocenters. The second kappa shape index (κ2) is 9.28. The molecule has 8 nitrogen and oxygen atoms in total. The first-order chi connectivity index (χ1) is 16.2. The number of fused-ring (bicyclic) bond motifs is 1. The molecule has 1 aliphatic rings. The smallest absolute Gasteiger partial charge is 0.256 e. The minimum Gasteiger partial charge on any atom is -0.456 e. The standard InChI is InChI=1S/C25H26N6O2/c1-16-6-5-9-21(27-16)29-25(32)17-10-12-19(13-11-17)33-20-14-15-26-23-22(20)24(31-30-23)28-18-7-3-2-4-8-18/h5-6,9-15,18H,2-4,7-8H2,1H3,(H,27,29,32)(H2,26,28,30,31). The summed E-state index contributed by atoms with van der Waals surface area (Å²) in [7, 11) is 0. The maximum Gasteiger partial charge on any atom is 0.256 e. The molecule has 0 radical (unpaired) electrons. The summed E-state index contributed by atoms with van der Waals surface area (Å²) < 4.78 is 6.16. The number of amides is 1. The van der Waals surface area contributed by atoms with Crippen LogP contribution in [-0.2, 0) is 0 Å². The van der Waals surface area contributed by atoms with Crippen molar-refractivity contribution < 1.29 is 9.53 Å². The second-order valence-electron chi connectivity index (χ2n) is 8.33. The molecule has 0 atom stereocenters. The Kier molecular flexibility index (Phi) is 5.89. The molecule has 1 amide bonds. The van der Waals surface area contributed by atoms with Gasteiger partial charge in [-0.2, -0.15) is 5.10 Å². The molecular formula is C25H26N6O2. The van der Waals surface area contributed by atoms with Crippen LogP contribution in [0.3, 0.4) is 0 Å². The summed E-state index contributed by atoms with van der Waals surface area (Å²) in [5.41, 5.74) is 2.04. The van der Waals surface area contributed by atoms with E-state index in [1.165, 1.54) is 19.3 Å². The van der Waals surface area contributed by atoms with Crippen LogP contribution >= 0.6 is 0 Å². The number of anilines is 2. The third-order valence-corrected chi connectivity index (χ3v) is 5.84. The third kappa shape index (κ3) is 4.79. The van der Waals surface area contributed by atoms with Crippen LogP contribution in [0.25, 0.3) is 11.0 Å². The summed E-state index contributed by atoms with van der Waals surface area (Å²) in [6.45, 7) is 1.88. The number of pyridine rings is 2. The number of H-pyrrole nitrogens is 1. The van der Waals surface area contributed by atoms with Crippen LogP contribution in [0, 0.1) is 6.92 Å². The van der Waals surface area contributed by atoms with Gasteiger partial charge in [-0.05, 0) is 56.2 Å². The summed E-state index contributed by atoms with van der Waals surface area (Å²) in [6.07, 6.45) is 7.75. The molecule has 1 saturated carbocycles. The Morgan fingerprint density at radius 1 is 1.06 bits per heavy atom. The molecule has 4 aromatic rings. The number of aromatic amines is 1. The van der Waals surface area contributed by atoms with E-state index in [0.29, 0.717) is 34.6 Å². The first kappa shape index (κ1) is 20.9. The number of aryl methyl sites for hydroxylation is 1. The van der Waals surface area contributed by atoms with Crippen LogP contribution in [0.5, 0.6) is 11.5 Å². The Labute approximate surface area is 191 Å². The van der Waals surface area contributed by atoms with Gasteiger partial charge >= 0.3 is 0 Å². The van der Waals surface area contributed by atoms with Crippen LogP contribution < -0.4 is 15.4 Å². The van der Waals surface area contributed by atoms with Crippen LogP contribution in [0.15, 0.2) is 54.7 Å². The minimum absolute atomic E-state index is 0.222. The fraction of sp³-hybridized carbons (Fsp3) is 0.280. The Morgan fingerprint density at radius 3 is 2.67 bits per heavy atom. The monoisotopic (exact) mass is 442 g/mol. The maximum atomic E-state index is 12.5. The third-order valence-electron chi connectivity index (χ3n) is 5.84. The topological polar surface area (TPSA) is 105 Å². The van der Waals surface area contributed by atoms with Crippen LogP contribution in [0.4, 0.5) is 11.6 Å². The van der Waals surface area contributed by atoms with E-state index in [9.17, 15) is 4.79 Å². The van der Waals surface area contributed by atoms with Gasteiger partial charge in [0.2, 0.25) is 0 Å². The molecular weight excluding hydrogens is 416 g/mol. The van der Waals surface area contributed by atoms with Gasteiger partial charge in [-0.3, -0.25) is 9.89 Å². The highest BCUT2D eigenvalue weighted by atomic mass is 16.5. The van der Waals surface area contributed by atoms with Crippen LogP contribution in [0.1, 0.15) is 48.2 Å². The molecule has 33 heavy (non-hydrogen) atoms. The summed E-state index contributed by atoms with van der Waals surface area (Å²) in [6, 6.07) is 14.8. The van der Waals surface area contributed by atoms with Gasteiger partial charge in [0, 0.05) is 29.6 Å². The number of hydrogen-bond donors (Lipinski definition) is 3. The SMILES string of the molecule is Cc1cccc(NC(=O)c2ccc(Oc3ccnc4[nH]nc(NC5CCCCC5)c34)cc2)n1. The predicted molar refractivity (Wildman–Crippen MR) is 128 cm³/mol. The largest absolute Gasteiger partial charge is 0.456 e. The Morgan fingerprint density at radius 2 is 1.88 bits per heavy atom. The molecule has 3 aromatic heterocycles. The lowest BCUT2D eigenvalue weighted by molar-refractivity contribution is 0.102. The molecule has 168 valence electrons. The quantitative estimate of drug-likeness (QED) is 0.367. The Hall–Kier alpha value is -3.94. The highest BCUT2D eigenvalue weighted by Crippen LogP contribution is 2.34. The average molecular weight is 443 g/mol. The molecule has 3 heterocycles. The van der Waals surface area contributed by atoms with E-state index >= 15 is 0 Å². The van der Waals surface area contributed by atoms with Gasteiger partial charge in [-0.15, -0.1) is 0 Å². The van der Waals surface area contributed by atoms with Gasteiger partial charge in [0.15, 0.2) is 11.5 Å². The number of hydrogen-bond acceptors (Lipinski definition) is 6. The molecule has 0 spiro atoms. The maximum absolute atomic E-state index is 12.5. The lowest BCUT2D eigenvalue weighted by Crippen LogP contribution is -2.22. The van der Waals surface area contributed by atoms with E-state index in [1.54, 1.807) is 36.5 Å². The number of carbonyl (C=O) groups excluding carboxylic acids is 1. The lowest BCUT2D eigenvalue weighted by Gasteiger charge is -2.22. The van der Waals surface area contributed by atoms with E-state index in [1.807, 2.05) is 25.1 Å². The predicted octanol–water partition coefficient (Wildman–Crippen LogP) is 5.45. The number of ether oxygens (including phenoxy) is 1. The van der Waals surface area contributed by atoms with Gasteiger partial charge in [-0.1, -0.05) is 25.3 Å². The molecule has 0 saturated heterocycles. The number of nitrogens with zero attached hydrogens (tertiary/aromatic N) is 3. The Bertz CT molecular complexity index is 1260. The van der Waals surface area contributed by atoms with Crippen molar-refractivity contribution >= 4 is 28.6 Å². The first-order valence-electron chi connectivity index (χ1n) is 11.3. The summed E-state index contributed by atoms with van der Waals surface area (Å²) in [5, 5.41) is 14.6. The first-order valence-corrected chi connectivity index (χ1v) is 11.3. The van der Waals surface area contributed by atoms with E-state index in [0.717, 1.165) is 29.7 Å². The van der Waals surface area contributed by atoms with Crippen molar-refractivity contribution in [1.29, 1.82) is 0 Å². The van der Waals surface area contributed by atoms with E-state index in [2.05, 4.69) is 30.8 Å². The fourth-order valence-electron chi connectivity index (χ4n) is 4.15. The molecule has 1 fully saturated rings. The summed E-state index contributed by atoms with van der Waals surface area (Å²) in [5.74, 6) is 2.35. The van der Waals surface area contributed by atoms with E-state index in [4.69, 9.17) is 4.74 Å². The van der Waals surface area contributed by atoms with Crippen molar-refractivity contribution in [2.75, 3.05) is 10.6 Å². The molecule has 0 bridgehead atoms. The van der Waals surface area contributed by atoms with Crippen molar-refractivity contribution in [2.45, 2.75) is 45.1 Å². The van der Waals surface area contributed by atoms with Gasteiger partial charge < -0.3 is 15.4 Å². The van der Waals surface area contributed by atoms with Crippen molar-refractivity contribution in [3.05, 3.63) is 66.0 Å². The molecule has 3 N–H and O–H groups in total. The van der Waals surface area contributed by atoms with E-state index < -0.39 is 0 Å². The highest BCUT2D eigenvalue weighted by molar-refractivity contribution is 6.03. The molecule has 0 aliphatic heterocycles. The number of rotatable bonds is 6. The van der Waals surface area contributed by atoms with Crippen molar-refractivity contribution in [2.24, 2.45) is 0 Å². The zero-order valence-electron chi connectivity index (χ0n) is 18.5. The number of nitrogens with one attached hydrogen (secondary N) is 3. The van der Waals surface area contributed by atoms with Crippen molar-refractivity contribution in [1.82, 2.24) is 20.2 Å². The fourth-order valence-corrected chi connectivity index (χ4v) is 4.15. The van der Waals surface area contributed by atoms with Gasteiger partial charge in [0.25, 0.3) is 5.91 Å². The van der Waals surface area contributed by atoms with Gasteiger partial charge in [0.1, 0.15) is 22.7 Å². The van der Waals surface area contributed by atoms with Gasteiger partial charge in [-0.25, -0.2) is 9.97 Å². The summed E-state index contributed by atoms with van der Waals surface area (Å²) in [4.78, 5) is 21.2. The summed E-state index contributed by atoms with van der Waals surface area (Å²) >= 11 is 0. The molecule has 5 rings (SSSR count). The van der Waals surface area contributed by atoms with Crippen molar-refractivity contribution in [3.63, 3.8) is 0 Å². The normalized spacial score (nSPS) is 14.2. The van der Waals surface area contributed by atoms with Crippen LogP contribution in [-0.4, -0.2) is 32.1 Å². The Balaban J connectivity index is 1.32. The van der Waals surface area contributed by atoms with Crippen molar-refractivity contribution in [3.8, 4) is 11.5 Å². The molecule has 1 aliphatic carbocycles. The minimum atomic E-state index is -0.222. The second-order valence-corrected chi connectivity index (χ2v) is 8.33. The molecule has 8 heteroatoms. The van der Waals surface area contributed by atoms with E-state index in [-0.39, 0.29) is 5.91 Å². The van der Waals surface area contributed by atoms with Crippen LogP contribution in [0.2, 0.25) is 0 Å².